The fourth-order valence-corrected chi connectivity index (χ4v) is 3.75. The summed E-state index contributed by atoms with van der Waals surface area (Å²) in [6.07, 6.45) is 5.94. The molecule has 4 rings (SSSR count). The van der Waals surface area contributed by atoms with Crippen LogP contribution >= 0.6 is 11.6 Å². The van der Waals surface area contributed by atoms with E-state index in [0.717, 1.165) is 38.2 Å². The Morgan fingerprint density at radius 3 is 3.00 bits per heavy atom. The van der Waals surface area contributed by atoms with Crippen molar-refractivity contribution in [2.75, 3.05) is 29.0 Å². The molecule has 1 fully saturated rings. The number of amides is 1. The molecule has 5 N–H and O–H groups in total. The van der Waals surface area contributed by atoms with Crippen LogP contribution in [-0.2, 0) is 7.05 Å². The summed E-state index contributed by atoms with van der Waals surface area (Å²) in [5.41, 5.74) is 13.5. The maximum Gasteiger partial charge on any atom is 0.263 e. The Kier molecular flexibility index (Phi) is 4.86. The van der Waals surface area contributed by atoms with E-state index in [4.69, 9.17) is 27.5 Å². The fraction of sp³-hybridized carbons (Fsp3) is 0.389. The summed E-state index contributed by atoms with van der Waals surface area (Å²) in [7, 11) is 1.85. The van der Waals surface area contributed by atoms with Crippen molar-refractivity contribution in [3.63, 3.8) is 0 Å². The van der Waals surface area contributed by atoms with Crippen LogP contribution in [-0.4, -0.2) is 39.8 Å². The summed E-state index contributed by atoms with van der Waals surface area (Å²) in [5.74, 6) is 0.421. The van der Waals surface area contributed by atoms with Crippen LogP contribution in [0.1, 0.15) is 29.6 Å². The number of nitrogens with two attached hydrogens (primary N) is 2. The first-order chi connectivity index (χ1) is 13.4. The number of fused-ring (bicyclic) bond motifs is 1. The van der Waals surface area contributed by atoms with Crippen LogP contribution in [0.2, 0.25) is 5.02 Å². The summed E-state index contributed by atoms with van der Waals surface area (Å²) in [6, 6.07) is 1.78. The second-order valence-corrected chi connectivity index (χ2v) is 7.42. The van der Waals surface area contributed by atoms with Gasteiger partial charge in [-0.2, -0.15) is 5.10 Å². The Morgan fingerprint density at radius 1 is 1.36 bits per heavy atom. The van der Waals surface area contributed by atoms with E-state index in [9.17, 15) is 4.79 Å². The quantitative estimate of drug-likeness (QED) is 0.612. The molecule has 28 heavy (non-hydrogen) atoms. The van der Waals surface area contributed by atoms with E-state index >= 15 is 0 Å². The normalized spacial score (nSPS) is 17.7. The van der Waals surface area contributed by atoms with Crippen molar-refractivity contribution in [2.45, 2.75) is 25.3 Å². The number of carbonyl (C=O) groups excluding carboxylic acids is 1. The number of anilines is 3. The molecule has 10 heteroatoms. The van der Waals surface area contributed by atoms with E-state index in [1.54, 1.807) is 16.9 Å². The molecule has 4 heterocycles. The highest BCUT2D eigenvalue weighted by molar-refractivity contribution is 6.31. The minimum absolute atomic E-state index is 0.00606. The predicted molar refractivity (Wildman–Crippen MR) is 109 cm³/mol. The van der Waals surface area contributed by atoms with Crippen molar-refractivity contribution in [3.8, 4) is 0 Å². The Bertz CT molecular complexity index is 1030. The number of carbonyl (C=O) groups is 1. The Labute approximate surface area is 166 Å². The number of furan rings is 1. The van der Waals surface area contributed by atoms with Crippen LogP contribution in [0.4, 0.5) is 17.4 Å². The molecule has 0 bridgehead atoms. The molecule has 3 aromatic heterocycles. The Morgan fingerprint density at radius 2 is 2.18 bits per heavy atom. The molecule has 0 aliphatic carbocycles. The topological polar surface area (TPSA) is 128 Å². The van der Waals surface area contributed by atoms with Gasteiger partial charge in [-0.25, -0.2) is 0 Å². The highest BCUT2D eigenvalue weighted by Crippen LogP contribution is 2.31. The number of pyridine rings is 1. The third-order valence-electron chi connectivity index (χ3n) is 4.98. The maximum atomic E-state index is 13.0. The number of nitrogen functional groups attached to an aromatic ring is 1. The standard InChI is InChI=1S/C18H22ClN7O2/c1-25-18(26-5-2-3-11(20)4-6-26)12(9-23-25)24-17(27)14-15-13(28-16(14)21)7-10(19)8-22-15/h7-9,11H,2-6,20-21H2,1H3,(H,24,27). The molecule has 0 aromatic carbocycles. The van der Waals surface area contributed by atoms with Gasteiger partial charge < -0.3 is 26.1 Å². The third kappa shape index (κ3) is 3.38. The minimum atomic E-state index is -0.410. The van der Waals surface area contributed by atoms with Crippen LogP contribution in [0.5, 0.6) is 0 Å². The van der Waals surface area contributed by atoms with Crippen LogP contribution in [0.15, 0.2) is 22.9 Å². The van der Waals surface area contributed by atoms with Gasteiger partial charge in [-0.3, -0.25) is 14.5 Å². The van der Waals surface area contributed by atoms with E-state index in [1.807, 2.05) is 7.05 Å². The number of aryl methyl sites for hydroxylation is 1. The second-order valence-electron chi connectivity index (χ2n) is 6.98. The van der Waals surface area contributed by atoms with E-state index in [-0.39, 0.29) is 17.5 Å². The molecule has 1 aliphatic rings. The summed E-state index contributed by atoms with van der Waals surface area (Å²) in [6.45, 7) is 1.66. The molecule has 9 nitrogen and oxygen atoms in total. The van der Waals surface area contributed by atoms with Gasteiger partial charge in [-0.1, -0.05) is 11.6 Å². The second kappa shape index (κ2) is 7.33. The average molecular weight is 404 g/mol. The third-order valence-corrected chi connectivity index (χ3v) is 5.18. The molecular weight excluding hydrogens is 382 g/mol. The zero-order chi connectivity index (χ0) is 19.8. The van der Waals surface area contributed by atoms with Gasteiger partial charge in [0.2, 0.25) is 5.88 Å². The maximum absolute atomic E-state index is 13.0. The molecule has 1 unspecified atom stereocenters. The van der Waals surface area contributed by atoms with Crippen LogP contribution in [0.25, 0.3) is 11.1 Å². The minimum Gasteiger partial charge on any atom is -0.438 e. The number of nitrogens with zero attached hydrogens (tertiary/aromatic N) is 4. The van der Waals surface area contributed by atoms with E-state index in [2.05, 4.69) is 20.3 Å². The zero-order valence-electron chi connectivity index (χ0n) is 15.5. The first-order valence-electron chi connectivity index (χ1n) is 9.11. The highest BCUT2D eigenvalue weighted by atomic mass is 35.5. The van der Waals surface area contributed by atoms with Crippen molar-refractivity contribution in [1.29, 1.82) is 0 Å². The lowest BCUT2D eigenvalue weighted by atomic mass is 10.1. The highest BCUT2D eigenvalue weighted by Gasteiger charge is 2.25. The van der Waals surface area contributed by atoms with E-state index in [0.29, 0.717) is 21.8 Å². The fourth-order valence-electron chi connectivity index (χ4n) is 3.60. The average Bonchev–Trinajstić information content (AvgIpc) is 3.07. The van der Waals surface area contributed by atoms with Crippen molar-refractivity contribution in [3.05, 3.63) is 29.0 Å². The zero-order valence-corrected chi connectivity index (χ0v) is 16.2. The first-order valence-corrected chi connectivity index (χ1v) is 9.49. The molecular formula is C18H22ClN7O2. The Balaban J connectivity index is 1.64. The number of nitrogens with one attached hydrogen (secondary N) is 1. The monoisotopic (exact) mass is 403 g/mol. The van der Waals surface area contributed by atoms with Gasteiger partial charge in [-0.05, 0) is 19.3 Å². The van der Waals surface area contributed by atoms with Gasteiger partial charge in [0.25, 0.3) is 5.91 Å². The molecule has 1 aliphatic heterocycles. The number of aromatic nitrogens is 3. The van der Waals surface area contributed by atoms with Gasteiger partial charge in [0, 0.05) is 38.4 Å². The molecule has 3 aromatic rings. The summed E-state index contributed by atoms with van der Waals surface area (Å²) in [4.78, 5) is 19.3. The van der Waals surface area contributed by atoms with Gasteiger partial charge in [0.05, 0.1) is 11.2 Å². The summed E-state index contributed by atoms with van der Waals surface area (Å²) >= 11 is 5.93. The van der Waals surface area contributed by atoms with Gasteiger partial charge in [0.1, 0.15) is 16.8 Å². The Hall–Kier alpha value is -2.78. The van der Waals surface area contributed by atoms with Crippen molar-refractivity contribution >= 4 is 46.0 Å². The molecule has 0 radical (unpaired) electrons. The lowest BCUT2D eigenvalue weighted by Gasteiger charge is -2.24. The van der Waals surface area contributed by atoms with E-state index in [1.165, 1.54) is 6.20 Å². The molecule has 1 atom stereocenters. The molecule has 1 saturated heterocycles. The SMILES string of the molecule is Cn1ncc(NC(=O)c2c(N)oc3cc(Cl)cnc23)c1N1CCCC(N)CC1. The summed E-state index contributed by atoms with van der Waals surface area (Å²) < 4.78 is 7.19. The molecule has 0 spiro atoms. The summed E-state index contributed by atoms with van der Waals surface area (Å²) in [5, 5.41) is 7.62. The van der Waals surface area contributed by atoms with Gasteiger partial charge >= 0.3 is 0 Å². The largest absolute Gasteiger partial charge is 0.438 e. The molecule has 148 valence electrons. The van der Waals surface area contributed by atoms with Gasteiger partial charge in [0.15, 0.2) is 11.4 Å². The predicted octanol–water partition coefficient (Wildman–Crippen LogP) is 2.37. The van der Waals surface area contributed by atoms with Crippen molar-refractivity contribution in [2.24, 2.45) is 12.8 Å². The van der Waals surface area contributed by atoms with Gasteiger partial charge in [-0.15, -0.1) is 0 Å². The smallest absolute Gasteiger partial charge is 0.263 e. The number of rotatable bonds is 3. The first kappa shape index (κ1) is 18.6. The lowest BCUT2D eigenvalue weighted by molar-refractivity contribution is 0.102. The lowest BCUT2D eigenvalue weighted by Crippen LogP contribution is -2.29. The molecule has 0 saturated carbocycles. The van der Waals surface area contributed by atoms with Crippen LogP contribution in [0.3, 0.4) is 0 Å². The van der Waals surface area contributed by atoms with Crippen LogP contribution < -0.4 is 21.7 Å². The molecule has 1 amide bonds. The van der Waals surface area contributed by atoms with E-state index < -0.39 is 5.91 Å². The number of halogens is 1. The number of hydrogen-bond donors (Lipinski definition) is 3. The van der Waals surface area contributed by atoms with Crippen LogP contribution in [0, 0.1) is 0 Å². The van der Waals surface area contributed by atoms with Crippen molar-refractivity contribution in [1.82, 2.24) is 14.8 Å². The number of hydrogen-bond acceptors (Lipinski definition) is 7. The van der Waals surface area contributed by atoms with Crippen molar-refractivity contribution < 1.29 is 9.21 Å².